The minimum absolute atomic E-state index is 0.0156. The number of carbonyl (C=O) groups excluding carboxylic acids is 1. The first-order chi connectivity index (χ1) is 9.99. The fourth-order valence-corrected chi connectivity index (χ4v) is 2.72. The average Bonchev–Trinajstić information content (AvgIpc) is 3.06. The van der Waals surface area contributed by atoms with Gasteiger partial charge in [0.25, 0.3) is 0 Å². The Morgan fingerprint density at radius 3 is 2.86 bits per heavy atom. The van der Waals surface area contributed by atoms with Gasteiger partial charge in [0.15, 0.2) is 5.13 Å². The number of thiazole rings is 1. The maximum absolute atomic E-state index is 12.2. The molecule has 114 valence electrons. The van der Waals surface area contributed by atoms with Crippen molar-refractivity contribution in [2.24, 2.45) is 0 Å². The largest absolute Gasteiger partial charge is 0.375 e. The van der Waals surface area contributed by atoms with Crippen molar-refractivity contribution in [3.63, 3.8) is 0 Å². The highest BCUT2D eigenvalue weighted by Crippen LogP contribution is 2.17. The zero-order chi connectivity index (χ0) is 15.4. The molecule has 0 aliphatic carbocycles. The Labute approximate surface area is 128 Å². The number of amides is 1. The number of aromatic nitrogens is 3. The van der Waals surface area contributed by atoms with E-state index >= 15 is 0 Å². The van der Waals surface area contributed by atoms with Crippen molar-refractivity contribution < 1.29 is 4.79 Å². The summed E-state index contributed by atoms with van der Waals surface area (Å²) in [7, 11) is 0. The van der Waals surface area contributed by atoms with Gasteiger partial charge in [-0.2, -0.15) is 0 Å². The number of anilines is 1. The second kappa shape index (κ2) is 6.71. The monoisotopic (exact) mass is 307 g/mol. The number of carbonyl (C=O) groups is 1. The molecule has 0 saturated carbocycles. The van der Waals surface area contributed by atoms with E-state index in [1.54, 1.807) is 6.20 Å². The normalized spacial score (nSPS) is 12.6. The third-order valence-electron chi connectivity index (χ3n) is 3.26. The molecule has 1 unspecified atom stereocenters. The molecule has 0 aliphatic heterocycles. The number of rotatable bonds is 6. The molecule has 0 fully saturated rings. The molecule has 7 heteroatoms. The van der Waals surface area contributed by atoms with Crippen molar-refractivity contribution in [3.05, 3.63) is 29.3 Å². The number of imidazole rings is 1. The van der Waals surface area contributed by atoms with Crippen molar-refractivity contribution in [1.82, 2.24) is 19.9 Å². The Balaban J connectivity index is 1.89. The molecule has 6 nitrogen and oxygen atoms in total. The molecule has 0 spiro atoms. The minimum Gasteiger partial charge on any atom is -0.375 e. The van der Waals surface area contributed by atoms with E-state index in [1.165, 1.54) is 11.3 Å². The van der Waals surface area contributed by atoms with Crippen LogP contribution in [-0.4, -0.2) is 27.0 Å². The third kappa shape index (κ3) is 3.81. The van der Waals surface area contributed by atoms with Crippen LogP contribution in [0, 0.1) is 0 Å². The van der Waals surface area contributed by atoms with Crippen LogP contribution in [0.15, 0.2) is 17.8 Å². The summed E-state index contributed by atoms with van der Waals surface area (Å²) in [4.78, 5) is 20.7. The van der Waals surface area contributed by atoms with E-state index in [9.17, 15) is 4.79 Å². The summed E-state index contributed by atoms with van der Waals surface area (Å²) in [6.45, 7) is 6.56. The van der Waals surface area contributed by atoms with Crippen molar-refractivity contribution in [2.75, 3.05) is 12.3 Å². The van der Waals surface area contributed by atoms with Crippen molar-refractivity contribution >= 4 is 22.4 Å². The van der Waals surface area contributed by atoms with Crippen molar-refractivity contribution in [1.29, 1.82) is 0 Å². The lowest BCUT2D eigenvalue weighted by atomic mass is 10.2. The molecular weight excluding hydrogens is 286 g/mol. The highest BCUT2D eigenvalue weighted by Gasteiger charge is 2.18. The van der Waals surface area contributed by atoms with Crippen LogP contribution in [0.3, 0.4) is 0 Å². The summed E-state index contributed by atoms with van der Waals surface area (Å²) in [5.41, 5.74) is 6.49. The summed E-state index contributed by atoms with van der Waals surface area (Å²) in [5, 5.41) is 5.41. The van der Waals surface area contributed by atoms with E-state index in [0.717, 1.165) is 11.5 Å². The summed E-state index contributed by atoms with van der Waals surface area (Å²) in [6.07, 6.45) is 4.27. The van der Waals surface area contributed by atoms with Gasteiger partial charge in [0.2, 0.25) is 5.91 Å². The van der Waals surface area contributed by atoms with E-state index in [-0.39, 0.29) is 17.9 Å². The Hall–Kier alpha value is -1.89. The van der Waals surface area contributed by atoms with Crippen LogP contribution >= 0.6 is 11.3 Å². The van der Waals surface area contributed by atoms with Gasteiger partial charge in [-0.25, -0.2) is 9.97 Å². The topological polar surface area (TPSA) is 85.8 Å². The van der Waals surface area contributed by atoms with Crippen LogP contribution in [0.25, 0.3) is 0 Å². The Bertz CT molecular complexity index is 604. The predicted octanol–water partition coefficient (Wildman–Crippen LogP) is 1.97. The summed E-state index contributed by atoms with van der Waals surface area (Å²) < 4.78 is 1.92. The number of nitrogens with zero attached hydrogens (tertiary/aromatic N) is 3. The van der Waals surface area contributed by atoms with Gasteiger partial charge in [0.05, 0.1) is 5.69 Å². The van der Waals surface area contributed by atoms with Gasteiger partial charge in [0.1, 0.15) is 11.9 Å². The molecule has 2 rings (SSSR count). The van der Waals surface area contributed by atoms with E-state index in [4.69, 9.17) is 5.73 Å². The van der Waals surface area contributed by atoms with Gasteiger partial charge in [-0.3, -0.25) is 4.79 Å². The lowest BCUT2D eigenvalue weighted by Gasteiger charge is -2.17. The zero-order valence-corrected chi connectivity index (χ0v) is 13.4. The molecule has 1 amide bonds. The van der Waals surface area contributed by atoms with E-state index in [0.29, 0.717) is 18.1 Å². The number of nitrogen functional groups attached to an aromatic ring is 1. The molecule has 3 N–H and O–H groups in total. The quantitative estimate of drug-likeness (QED) is 0.854. The van der Waals surface area contributed by atoms with Crippen molar-refractivity contribution in [2.45, 2.75) is 39.2 Å². The standard InChI is InChI=1S/C14H21N5OS/c1-9(2)12-16-6-7-19(12)10(3)13(20)17-5-4-11-8-21-14(15)18-11/h6-10H,4-5H2,1-3H3,(H2,15,18)(H,17,20). The lowest BCUT2D eigenvalue weighted by molar-refractivity contribution is -0.123. The molecule has 2 heterocycles. The Kier molecular flexibility index (Phi) is 4.95. The molecule has 2 aromatic heterocycles. The number of hydrogen-bond acceptors (Lipinski definition) is 5. The van der Waals surface area contributed by atoms with Gasteiger partial charge in [0, 0.05) is 36.7 Å². The summed E-state index contributed by atoms with van der Waals surface area (Å²) >= 11 is 1.41. The van der Waals surface area contributed by atoms with Gasteiger partial charge >= 0.3 is 0 Å². The average molecular weight is 307 g/mol. The predicted molar refractivity (Wildman–Crippen MR) is 84.3 cm³/mol. The highest BCUT2D eigenvalue weighted by atomic mass is 32.1. The maximum Gasteiger partial charge on any atom is 0.242 e. The second-order valence-electron chi connectivity index (χ2n) is 5.24. The first kappa shape index (κ1) is 15.5. The van der Waals surface area contributed by atoms with Crippen LogP contribution in [0.4, 0.5) is 5.13 Å². The zero-order valence-electron chi connectivity index (χ0n) is 12.5. The maximum atomic E-state index is 12.2. The van der Waals surface area contributed by atoms with E-state index in [2.05, 4.69) is 29.1 Å². The molecule has 0 saturated heterocycles. The number of hydrogen-bond donors (Lipinski definition) is 2. The van der Waals surface area contributed by atoms with Crippen LogP contribution in [0.1, 0.15) is 44.2 Å². The first-order valence-corrected chi connectivity index (χ1v) is 7.87. The summed E-state index contributed by atoms with van der Waals surface area (Å²) in [6, 6.07) is -0.273. The third-order valence-corrected chi connectivity index (χ3v) is 3.98. The van der Waals surface area contributed by atoms with Crippen LogP contribution in [-0.2, 0) is 11.2 Å². The van der Waals surface area contributed by atoms with Gasteiger partial charge in [-0.05, 0) is 6.92 Å². The van der Waals surface area contributed by atoms with Gasteiger partial charge in [-0.15, -0.1) is 11.3 Å². The van der Waals surface area contributed by atoms with Crippen LogP contribution < -0.4 is 11.1 Å². The Morgan fingerprint density at radius 2 is 2.24 bits per heavy atom. The fourth-order valence-electron chi connectivity index (χ4n) is 2.12. The second-order valence-corrected chi connectivity index (χ2v) is 6.13. The first-order valence-electron chi connectivity index (χ1n) is 6.99. The van der Waals surface area contributed by atoms with Crippen molar-refractivity contribution in [3.8, 4) is 0 Å². The van der Waals surface area contributed by atoms with Gasteiger partial charge in [-0.1, -0.05) is 13.8 Å². The molecule has 2 aromatic rings. The summed E-state index contributed by atoms with van der Waals surface area (Å²) in [5.74, 6) is 1.19. The molecule has 0 radical (unpaired) electrons. The highest BCUT2D eigenvalue weighted by molar-refractivity contribution is 7.13. The van der Waals surface area contributed by atoms with Crippen LogP contribution in [0.5, 0.6) is 0 Å². The SMILES string of the molecule is CC(C)c1nccn1C(C)C(=O)NCCc1csc(N)n1. The molecule has 0 aromatic carbocycles. The fraction of sp³-hybridized carbons (Fsp3) is 0.500. The van der Waals surface area contributed by atoms with Gasteiger partial charge < -0.3 is 15.6 Å². The smallest absolute Gasteiger partial charge is 0.242 e. The molecule has 0 bridgehead atoms. The van der Waals surface area contributed by atoms with E-state index < -0.39 is 0 Å². The molecule has 0 aliphatic rings. The number of nitrogens with two attached hydrogens (primary N) is 1. The van der Waals surface area contributed by atoms with Crippen LogP contribution in [0.2, 0.25) is 0 Å². The molecule has 1 atom stereocenters. The number of nitrogens with one attached hydrogen (secondary N) is 1. The van der Waals surface area contributed by atoms with E-state index in [1.807, 2.05) is 23.1 Å². The Morgan fingerprint density at radius 1 is 1.48 bits per heavy atom. The minimum atomic E-state index is -0.273. The molecular formula is C14H21N5OS. The molecule has 21 heavy (non-hydrogen) atoms. The lowest BCUT2D eigenvalue weighted by Crippen LogP contribution is -2.33.